The quantitative estimate of drug-likeness (QED) is 0.0284. The fourth-order valence-electron chi connectivity index (χ4n) is 7.01. The molecule has 0 rings (SSSR count). The monoisotopic (exact) mass is 793 g/mol. The maximum atomic E-state index is 12.6. The van der Waals surface area contributed by atoms with E-state index in [9.17, 15) is 19.5 Å². The van der Waals surface area contributed by atoms with Crippen molar-refractivity contribution in [3.8, 4) is 0 Å². The van der Waals surface area contributed by atoms with Gasteiger partial charge in [0.1, 0.15) is 6.61 Å². The van der Waals surface area contributed by atoms with E-state index < -0.39 is 18.1 Å². The first-order valence-electron chi connectivity index (χ1n) is 23.4. The van der Waals surface area contributed by atoms with Crippen molar-refractivity contribution in [2.24, 2.45) is 0 Å². The number of nitrogens with zero attached hydrogens (tertiary/aromatic N) is 1. The number of hydrogen-bond donors (Lipinski definition) is 1. The third-order valence-corrected chi connectivity index (χ3v) is 10.6. The zero-order chi connectivity index (χ0) is 41.4. The number of carboxylic acids is 1. The van der Waals surface area contributed by atoms with Crippen LogP contribution in [0.15, 0.2) is 24.3 Å². The number of unbranched alkanes of at least 4 members (excludes halogenated alkanes) is 24. The summed E-state index contributed by atoms with van der Waals surface area (Å²) in [6.07, 6.45) is 44.0. The van der Waals surface area contributed by atoms with Crippen LogP contribution in [0.25, 0.3) is 0 Å². The molecular weight excluding hydrogens is 703 g/mol. The van der Waals surface area contributed by atoms with Gasteiger partial charge in [-0.3, -0.25) is 9.59 Å². The molecule has 0 spiro atoms. The maximum Gasteiger partial charge on any atom is 0.362 e. The van der Waals surface area contributed by atoms with E-state index in [1.807, 2.05) is 21.1 Å². The Labute approximate surface area is 345 Å². The largest absolute Gasteiger partial charge is 0.477 e. The van der Waals surface area contributed by atoms with Gasteiger partial charge < -0.3 is 23.8 Å². The van der Waals surface area contributed by atoms with Crippen molar-refractivity contribution in [3.63, 3.8) is 0 Å². The summed E-state index contributed by atoms with van der Waals surface area (Å²) in [4.78, 5) is 36.9. The van der Waals surface area contributed by atoms with Gasteiger partial charge in [-0.1, -0.05) is 179 Å². The van der Waals surface area contributed by atoms with E-state index in [0.29, 0.717) is 19.3 Å². The number of allylic oxidation sites excluding steroid dienone is 4. The van der Waals surface area contributed by atoms with Gasteiger partial charge in [-0.05, 0) is 38.5 Å². The summed E-state index contributed by atoms with van der Waals surface area (Å²) >= 11 is 0. The SMILES string of the molecule is CC/C=C/C/C=C/CCCCC(=O)OC(COCCC(C(=O)O)[N+](C)(C)C)COC(=O)CCCCCCCCCCCCCCCCCCCCCCCCC. The van der Waals surface area contributed by atoms with Crippen LogP contribution in [0.2, 0.25) is 0 Å². The first-order valence-corrected chi connectivity index (χ1v) is 23.4. The molecular formula is C48H90NO7+. The third kappa shape index (κ3) is 37.4. The molecule has 0 saturated heterocycles. The third-order valence-electron chi connectivity index (χ3n) is 10.6. The van der Waals surface area contributed by atoms with E-state index in [4.69, 9.17) is 14.2 Å². The Morgan fingerprint density at radius 2 is 1.00 bits per heavy atom. The van der Waals surface area contributed by atoms with E-state index in [2.05, 4.69) is 38.2 Å². The van der Waals surface area contributed by atoms with Crippen molar-refractivity contribution in [1.29, 1.82) is 0 Å². The molecule has 0 aromatic carbocycles. The average Bonchev–Trinajstić information content (AvgIpc) is 3.15. The highest BCUT2D eigenvalue weighted by molar-refractivity contribution is 5.72. The highest BCUT2D eigenvalue weighted by atomic mass is 16.6. The van der Waals surface area contributed by atoms with E-state index in [0.717, 1.165) is 44.9 Å². The van der Waals surface area contributed by atoms with Gasteiger partial charge in [0.15, 0.2) is 12.1 Å². The van der Waals surface area contributed by atoms with Crippen molar-refractivity contribution < 1.29 is 38.2 Å². The molecule has 0 bridgehead atoms. The second kappa shape index (κ2) is 39.6. The number of hydrogen-bond acceptors (Lipinski definition) is 6. The van der Waals surface area contributed by atoms with Gasteiger partial charge in [-0.2, -0.15) is 0 Å². The number of rotatable bonds is 42. The molecule has 2 atom stereocenters. The van der Waals surface area contributed by atoms with Crippen molar-refractivity contribution in [2.75, 3.05) is 41.0 Å². The van der Waals surface area contributed by atoms with Crippen LogP contribution in [0, 0.1) is 0 Å². The second-order valence-corrected chi connectivity index (χ2v) is 17.0. The molecule has 1 N–H and O–H groups in total. The number of aliphatic carboxylic acids is 1. The van der Waals surface area contributed by atoms with Crippen LogP contribution in [0.3, 0.4) is 0 Å². The van der Waals surface area contributed by atoms with Gasteiger partial charge in [0, 0.05) is 19.3 Å². The molecule has 0 fully saturated rings. The highest BCUT2D eigenvalue weighted by Gasteiger charge is 2.31. The van der Waals surface area contributed by atoms with Crippen LogP contribution < -0.4 is 0 Å². The minimum absolute atomic E-state index is 0.0515. The Morgan fingerprint density at radius 3 is 1.46 bits per heavy atom. The lowest BCUT2D eigenvalue weighted by atomic mass is 10.0. The summed E-state index contributed by atoms with van der Waals surface area (Å²) in [7, 11) is 5.51. The van der Waals surface area contributed by atoms with Crippen molar-refractivity contribution in [1.82, 2.24) is 0 Å². The van der Waals surface area contributed by atoms with Gasteiger partial charge in [-0.15, -0.1) is 0 Å². The number of carboxylic acid groups (broad SMARTS) is 1. The van der Waals surface area contributed by atoms with Crippen LogP contribution in [0.1, 0.15) is 213 Å². The minimum Gasteiger partial charge on any atom is -0.477 e. The normalized spacial score (nSPS) is 13.1. The number of esters is 2. The van der Waals surface area contributed by atoms with Gasteiger partial charge in [0.05, 0.1) is 34.4 Å². The Hall–Kier alpha value is -2.19. The standard InChI is InChI=1S/C48H89NO7/c1-6-8-10-12-14-16-17-18-19-20-21-22-23-24-25-26-27-28-29-31-32-34-36-38-46(50)55-43-44(42-54-41-40-45(48(52)53)49(3,4)5)56-47(51)39-37-35-33-30-15-13-11-9-7-2/h9,11,15,30,44-45H,6-8,10,12-14,16-29,31-43H2,1-5H3/p+1/b11-9+,30-15+. The maximum absolute atomic E-state index is 12.6. The van der Waals surface area contributed by atoms with Gasteiger partial charge in [0.2, 0.25) is 0 Å². The average molecular weight is 793 g/mol. The summed E-state index contributed by atoms with van der Waals surface area (Å²) in [5.74, 6) is -1.50. The Bertz CT molecular complexity index is 973. The molecule has 0 aliphatic heterocycles. The molecule has 0 aromatic rings. The van der Waals surface area contributed by atoms with Gasteiger partial charge in [0.25, 0.3) is 0 Å². The predicted octanol–water partition coefficient (Wildman–Crippen LogP) is 12.9. The van der Waals surface area contributed by atoms with Crippen molar-refractivity contribution in [2.45, 2.75) is 225 Å². The molecule has 0 aromatic heterocycles. The smallest absolute Gasteiger partial charge is 0.362 e. The lowest BCUT2D eigenvalue weighted by molar-refractivity contribution is -0.887. The zero-order valence-electron chi connectivity index (χ0n) is 37.3. The predicted molar refractivity (Wildman–Crippen MR) is 234 cm³/mol. The summed E-state index contributed by atoms with van der Waals surface area (Å²) < 4.78 is 17.2. The lowest BCUT2D eigenvalue weighted by Crippen LogP contribution is -2.50. The van der Waals surface area contributed by atoms with Crippen molar-refractivity contribution in [3.05, 3.63) is 24.3 Å². The lowest BCUT2D eigenvalue weighted by Gasteiger charge is -2.31. The van der Waals surface area contributed by atoms with Crippen LogP contribution >= 0.6 is 0 Å². The molecule has 0 radical (unpaired) electrons. The van der Waals surface area contributed by atoms with Crippen LogP contribution in [0.5, 0.6) is 0 Å². The summed E-state index contributed by atoms with van der Waals surface area (Å²) in [5.41, 5.74) is 0. The highest BCUT2D eigenvalue weighted by Crippen LogP contribution is 2.16. The van der Waals surface area contributed by atoms with E-state index in [-0.39, 0.29) is 42.7 Å². The summed E-state index contributed by atoms with van der Waals surface area (Å²) in [6.45, 7) is 4.60. The number of carbonyl (C=O) groups excluding carboxylic acids is 2. The zero-order valence-corrected chi connectivity index (χ0v) is 37.3. The molecule has 8 heteroatoms. The first kappa shape index (κ1) is 53.8. The Kier molecular flexibility index (Phi) is 38.1. The van der Waals surface area contributed by atoms with Crippen molar-refractivity contribution >= 4 is 17.9 Å². The van der Waals surface area contributed by atoms with E-state index in [1.165, 1.54) is 128 Å². The summed E-state index contributed by atoms with van der Waals surface area (Å²) in [5, 5.41) is 9.60. The molecule has 328 valence electrons. The molecule has 0 saturated carbocycles. The number of quaternary nitrogens is 1. The molecule has 2 unspecified atom stereocenters. The fourth-order valence-corrected chi connectivity index (χ4v) is 7.01. The van der Waals surface area contributed by atoms with E-state index >= 15 is 0 Å². The molecule has 8 nitrogen and oxygen atoms in total. The first-order chi connectivity index (χ1) is 27.1. The fraction of sp³-hybridized carbons (Fsp3) is 0.854. The number of ether oxygens (including phenoxy) is 3. The van der Waals surface area contributed by atoms with Crippen LogP contribution in [-0.2, 0) is 28.6 Å². The van der Waals surface area contributed by atoms with Gasteiger partial charge >= 0.3 is 17.9 Å². The van der Waals surface area contributed by atoms with E-state index in [1.54, 1.807) is 0 Å². The van der Waals surface area contributed by atoms with Crippen LogP contribution in [-0.4, -0.2) is 80.6 Å². The van der Waals surface area contributed by atoms with Crippen LogP contribution in [0.4, 0.5) is 0 Å². The summed E-state index contributed by atoms with van der Waals surface area (Å²) in [6, 6.07) is -0.616. The molecule has 0 amide bonds. The van der Waals surface area contributed by atoms with Gasteiger partial charge in [-0.25, -0.2) is 4.79 Å². The number of likely N-dealkylation sites (N-methyl/N-ethyl adjacent to an activating group) is 1. The second-order valence-electron chi connectivity index (χ2n) is 17.0. The minimum atomic E-state index is -0.879. The Balaban J connectivity index is 4.10. The Morgan fingerprint density at radius 1 is 0.554 bits per heavy atom. The topological polar surface area (TPSA) is 99.1 Å². The molecule has 0 aliphatic carbocycles. The molecule has 56 heavy (non-hydrogen) atoms. The molecule has 0 aliphatic rings. The number of carbonyl (C=O) groups is 3. The molecule has 0 heterocycles.